The summed E-state index contributed by atoms with van der Waals surface area (Å²) in [7, 11) is 1.70. The van der Waals surface area contributed by atoms with Gasteiger partial charge in [-0.05, 0) is 39.3 Å². The summed E-state index contributed by atoms with van der Waals surface area (Å²) in [5.74, 6) is 2.37. The molecule has 10 nitrogen and oxygen atoms in total. The quantitative estimate of drug-likeness (QED) is 0.363. The number of nitrogens with zero attached hydrogens (tertiary/aromatic N) is 3. The lowest BCUT2D eigenvalue weighted by Gasteiger charge is -2.24. The highest BCUT2D eigenvalue weighted by Gasteiger charge is 2.18. The Labute approximate surface area is 177 Å². The number of furan rings is 1. The van der Waals surface area contributed by atoms with E-state index >= 15 is 0 Å². The second-order valence-electron chi connectivity index (χ2n) is 7.88. The molecule has 2 heterocycles. The lowest BCUT2D eigenvalue weighted by atomic mass is 10.1. The van der Waals surface area contributed by atoms with Crippen molar-refractivity contribution >= 4 is 12.1 Å². The van der Waals surface area contributed by atoms with Gasteiger partial charge in [-0.25, -0.2) is 9.78 Å². The number of H-pyrrole nitrogens is 1. The molecule has 2 aromatic heterocycles. The molecular formula is C20H33N7O3. The first-order valence-corrected chi connectivity index (χ1v) is 10.2. The van der Waals surface area contributed by atoms with Gasteiger partial charge < -0.3 is 25.1 Å². The first-order chi connectivity index (χ1) is 14.3. The number of guanidine groups is 1. The summed E-state index contributed by atoms with van der Waals surface area (Å²) in [5, 5.41) is 16.4. The Hall–Kier alpha value is -3.04. The van der Waals surface area contributed by atoms with Gasteiger partial charge >= 0.3 is 6.09 Å². The van der Waals surface area contributed by atoms with Gasteiger partial charge in [-0.3, -0.25) is 10.1 Å². The largest absolute Gasteiger partial charge is 0.461 e. The number of unbranched alkanes of at least 4 members (excludes halogenated alkanes) is 1. The number of ether oxygens (including phenoxy) is 1. The average molecular weight is 420 g/mol. The van der Waals surface area contributed by atoms with E-state index in [1.165, 1.54) is 0 Å². The number of amides is 1. The molecule has 0 aliphatic rings. The van der Waals surface area contributed by atoms with Crippen LogP contribution in [0.15, 0.2) is 27.8 Å². The molecule has 0 bridgehead atoms. The molecule has 166 valence electrons. The SMILES string of the molecule is CCCCC(CNC(=O)OC(C)(C)C)NC(=NC)NCc1nc(-c2ccco2)n[nH]1. The molecule has 0 aliphatic carbocycles. The fourth-order valence-corrected chi connectivity index (χ4v) is 2.64. The highest BCUT2D eigenvalue weighted by Crippen LogP contribution is 2.14. The summed E-state index contributed by atoms with van der Waals surface area (Å²) in [4.78, 5) is 20.6. The van der Waals surface area contributed by atoms with Crippen molar-refractivity contribution in [3.8, 4) is 11.6 Å². The third-order valence-electron chi connectivity index (χ3n) is 4.06. The van der Waals surface area contributed by atoms with Crippen LogP contribution in [0.1, 0.15) is 52.8 Å². The summed E-state index contributed by atoms with van der Waals surface area (Å²) in [6.07, 6.45) is 4.12. The Morgan fingerprint density at radius 3 is 2.80 bits per heavy atom. The standard InChI is InChI=1S/C20H33N7O3/c1-6-7-9-14(12-23-19(28)30-20(2,3)4)24-18(21-5)22-13-16-25-17(27-26-16)15-10-8-11-29-15/h8,10-11,14H,6-7,9,12-13H2,1-5H3,(H,23,28)(H2,21,22,24)(H,25,26,27). The molecule has 1 atom stereocenters. The Morgan fingerprint density at radius 1 is 1.37 bits per heavy atom. The monoisotopic (exact) mass is 419 g/mol. The van der Waals surface area contributed by atoms with E-state index in [9.17, 15) is 4.79 Å². The Bertz CT molecular complexity index is 794. The molecule has 1 unspecified atom stereocenters. The minimum atomic E-state index is -0.528. The maximum absolute atomic E-state index is 12.0. The molecule has 2 rings (SSSR count). The van der Waals surface area contributed by atoms with E-state index in [1.807, 2.05) is 20.8 Å². The highest BCUT2D eigenvalue weighted by atomic mass is 16.6. The third kappa shape index (κ3) is 8.14. The van der Waals surface area contributed by atoms with Crippen LogP contribution in [0.25, 0.3) is 11.6 Å². The number of hydrogen-bond donors (Lipinski definition) is 4. The van der Waals surface area contributed by atoms with Crippen LogP contribution in [0.2, 0.25) is 0 Å². The number of aromatic nitrogens is 3. The number of aromatic amines is 1. The molecule has 2 aromatic rings. The fourth-order valence-electron chi connectivity index (χ4n) is 2.64. The molecule has 0 saturated heterocycles. The zero-order chi connectivity index (χ0) is 22.0. The van der Waals surface area contributed by atoms with Gasteiger partial charge in [0.25, 0.3) is 0 Å². The lowest BCUT2D eigenvalue weighted by molar-refractivity contribution is 0.0523. The fraction of sp³-hybridized carbons (Fsp3) is 0.600. The zero-order valence-corrected chi connectivity index (χ0v) is 18.4. The van der Waals surface area contributed by atoms with Gasteiger partial charge in [-0.2, -0.15) is 0 Å². The Kier molecular flexibility index (Phi) is 8.70. The second kappa shape index (κ2) is 11.2. The van der Waals surface area contributed by atoms with Crippen molar-refractivity contribution in [2.75, 3.05) is 13.6 Å². The van der Waals surface area contributed by atoms with E-state index < -0.39 is 11.7 Å². The topological polar surface area (TPSA) is 129 Å². The molecule has 0 aromatic carbocycles. The maximum Gasteiger partial charge on any atom is 0.407 e. The van der Waals surface area contributed by atoms with Crippen LogP contribution in [0.5, 0.6) is 0 Å². The molecule has 30 heavy (non-hydrogen) atoms. The number of carbonyl (C=O) groups is 1. The summed E-state index contributed by atoms with van der Waals surface area (Å²) >= 11 is 0. The molecule has 0 fully saturated rings. The predicted octanol–water partition coefficient (Wildman–Crippen LogP) is 2.81. The molecule has 10 heteroatoms. The van der Waals surface area contributed by atoms with Gasteiger partial charge in [0.2, 0.25) is 5.82 Å². The summed E-state index contributed by atoms with van der Waals surface area (Å²) in [5.41, 5.74) is -0.528. The van der Waals surface area contributed by atoms with Crippen LogP contribution in [0, 0.1) is 0 Å². The molecule has 0 saturated carbocycles. The average Bonchev–Trinajstić information content (AvgIpc) is 3.37. The maximum atomic E-state index is 12.0. The van der Waals surface area contributed by atoms with Crippen LogP contribution in [0.4, 0.5) is 4.79 Å². The van der Waals surface area contributed by atoms with Gasteiger partial charge in [0.05, 0.1) is 12.8 Å². The number of hydrogen-bond acceptors (Lipinski definition) is 6. The van der Waals surface area contributed by atoms with Crippen LogP contribution in [-0.4, -0.2) is 52.5 Å². The minimum absolute atomic E-state index is 0.0112. The van der Waals surface area contributed by atoms with E-state index in [4.69, 9.17) is 9.15 Å². The number of aliphatic imine (C=N–C) groups is 1. The van der Waals surface area contributed by atoms with E-state index in [-0.39, 0.29) is 6.04 Å². The van der Waals surface area contributed by atoms with Crippen molar-refractivity contribution in [3.05, 3.63) is 24.2 Å². The van der Waals surface area contributed by atoms with E-state index in [0.717, 1.165) is 19.3 Å². The zero-order valence-electron chi connectivity index (χ0n) is 18.4. The van der Waals surface area contributed by atoms with E-state index in [1.54, 1.807) is 25.4 Å². The van der Waals surface area contributed by atoms with E-state index in [0.29, 0.717) is 36.5 Å². The number of carbonyl (C=O) groups excluding carboxylic acids is 1. The summed E-state index contributed by atoms with van der Waals surface area (Å²) in [6, 6.07) is 3.60. The van der Waals surface area contributed by atoms with Gasteiger partial charge in [-0.1, -0.05) is 19.8 Å². The molecule has 0 aliphatic heterocycles. The van der Waals surface area contributed by atoms with E-state index in [2.05, 4.69) is 43.0 Å². The number of nitrogens with one attached hydrogen (secondary N) is 4. The Morgan fingerprint density at radius 2 is 2.17 bits per heavy atom. The van der Waals surface area contributed by atoms with Crippen molar-refractivity contribution < 1.29 is 13.9 Å². The van der Waals surface area contributed by atoms with Gasteiger partial charge in [0.1, 0.15) is 11.4 Å². The molecule has 1 amide bonds. The van der Waals surface area contributed by atoms with Crippen molar-refractivity contribution in [3.63, 3.8) is 0 Å². The summed E-state index contributed by atoms with van der Waals surface area (Å²) in [6.45, 7) is 8.49. The molecule has 0 spiro atoms. The summed E-state index contributed by atoms with van der Waals surface area (Å²) < 4.78 is 10.6. The first kappa shape index (κ1) is 23.2. The van der Waals surface area contributed by atoms with Crippen LogP contribution >= 0.6 is 0 Å². The van der Waals surface area contributed by atoms with Gasteiger partial charge in [-0.15, -0.1) is 5.10 Å². The number of alkyl carbamates (subject to hydrolysis) is 1. The van der Waals surface area contributed by atoms with Gasteiger partial charge in [0, 0.05) is 19.6 Å². The highest BCUT2D eigenvalue weighted by molar-refractivity contribution is 5.80. The molecule has 0 radical (unpaired) electrons. The Balaban J connectivity index is 1.87. The normalized spacial score (nSPS) is 13.0. The van der Waals surface area contributed by atoms with Crippen LogP contribution in [-0.2, 0) is 11.3 Å². The van der Waals surface area contributed by atoms with Crippen LogP contribution in [0.3, 0.4) is 0 Å². The van der Waals surface area contributed by atoms with Crippen molar-refractivity contribution in [1.29, 1.82) is 0 Å². The lowest BCUT2D eigenvalue weighted by Crippen LogP contribution is -2.48. The second-order valence-corrected chi connectivity index (χ2v) is 7.88. The van der Waals surface area contributed by atoms with Crippen molar-refractivity contribution in [1.82, 2.24) is 31.1 Å². The number of rotatable bonds is 9. The molecular weight excluding hydrogens is 386 g/mol. The van der Waals surface area contributed by atoms with Crippen molar-refractivity contribution in [2.24, 2.45) is 4.99 Å². The third-order valence-corrected chi connectivity index (χ3v) is 4.06. The van der Waals surface area contributed by atoms with Crippen LogP contribution < -0.4 is 16.0 Å². The van der Waals surface area contributed by atoms with Gasteiger partial charge in [0.15, 0.2) is 11.7 Å². The smallest absolute Gasteiger partial charge is 0.407 e. The minimum Gasteiger partial charge on any atom is -0.461 e. The predicted molar refractivity (Wildman–Crippen MR) is 115 cm³/mol. The first-order valence-electron chi connectivity index (χ1n) is 10.2. The molecule has 4 N–H and O–H groups in total. The van der Waals surface area contributed by atoms with Crippen molar-refractivity contribution in [2.45, 2.75) is 65.1 Å².